The van der Waals surface area contributed by atoms with Gasteiger partial charge in [0.2, 0.25) is 0 Å². The number of benzene rings is 3. The van der Waals surface area contributed by atoms with Crippen molar-refractivity contribution in [3.05, 3.63) is 84.9 Å². The lowest BCUT2D eigenvalue weighted by atomic mass is 10.1. The Balaban J connectivity index is 0.000000206. The van der Waals surface area contributed by atoms with Crippen molar-refractivity contribution in [1.82, 2.24) is 0 Å². The normalized spacial score (nSPS) is 9.93. The topological polar surface area (TPSA) is 176 Å². The maximum Gasteiger partial charge on any atom is 0.324 e. The number of rotatable bonds is 3. The molecule has 0 aliphatic carbocycles. The van der Waals surface area contributed by atoms with Crippen LogP contribution in [0.1, 0.15) is 0 Å². The zero-order chi connectivity index (χ0) is 20.1. The lowest BCUT2D eigenvalue weighted by molar-refractivity contribution is -0.404. The van der Waals surface area contributed by atoms with E-state index in [1.807, 2.05) is 30.3 Å². The molecule has 11 heteroatoms. The fraction of sp³-hybridized carbons (Fsp3) is 0. The lowest BCUT2D eigenvalue weighted by Crippen LogP contribution is -1.97. The third-order valence-electron chi connectivity index (χ3n) is 3.48. The van der Waals surface area contributed by atoms with E-state index in [4.69, 9.17) is 10.8 Å². The molecular formula is C16H12N4O7. The minimum absolute atomic E-state index is 0.447. The van der Waals surface area contributed by atoms with Crippen LogP contribution in [0.5, 0.6) is 5.75 Å². The average Bonchev–Trinajstić information content (AvgIpc) is 2.62. The van der Waals surface area contributed by atoms with Gasteiger partial charge in [-0.15, -0.1) is 0 Å². The monoisotopic (exact) mass is 372 g/mol. The molecule has 0 fully saturated rings. The first-order chi connectivity index (χ1) is 12.7. The highest BCUT2D eigenvalue weighted by molar-refractivity contribution is 5.92. The van der Waals surface area contributed by atoms with Gasteiger partial charge < -0.3 is 10.8 Å². The number of nitrogen functional groups attached to an aromatic ring is 1. The van der Waals surface area contributed by atoms with Crippen molar-refractivity contribution < 1.29 is 19.9 Å². The van der Waals surface area contributed by atoms with Gasteiger partial charge >= 0.3 is 11.4 Å². The van der Waals surface area contributed by atoms with Crippen molar-refractivity contribution in [2.45, 2.75) is 0 Å². The number of anilines is 1. The van der Waals surface area contributed by atoms with Gasteiger partial charge in [-0.2, -0.15) is 0 Å². The first-order valence-corrected chi connectivity index (χ1v) is 7.25. The zero-order valence-corrected chi connectivity index (χ0v) is 13.5. The molecule has 27 heavy (non-hydrogen) atoms. The molecule has 0 saturated heterocycles. The average molecular weight is 372 g/mol. The largest absolute Gasteiger partial charge is 0.497 e. The van der Waals surface area contributed by atoms with Crippen LogP contribution in [0.4, 0.5) is 22.7 Å². The van der Waals surface area contributed by atoms with Crippen LogP contribution in [0.3, 0.4) is 0 Å². The highest BCUT2D eigenvalue weighted by Crippen LogP contribution is 2.38. The molecule has 11 nitrogen and oxygen atoms in total. The number of nitrogens with zero attached hydrogens (tertiary/aromatic N) is 3. The van der Waals surface area contributed by atoms with Gasteiger partial charge in [0, 0.05) is 11.1 Å². The molecule has 3 aromatic carbocycles. The lowest BCUT2D eigenvalue weighted by Gasteiger charge is -1.98. The molecule has 0 aromatic heterocycles. The van der Waals surface area contributed by atoms with Gasteiger partial charge in [-0.3, -0.25) is 30.3 Å². The molecule has 0 heterocycles. The summed E-state index contributed by atoms with van der Waals surface area (Å²) >= 11 is 0. The van der Waals surface area contributed by atoms with Gasteiger partial charge in [-0.05, 0) is 11.5 Å². The Bertz CT molecular complexity index is 1010. The van der Waals surface area contributed by atoms with Crippen LogP contribution in [0, 0.1) is 30.3 Å². The standard InChI is InChI=1S/C10H9N.C6H3N3O7/c11-10-7-3-5-8-4-1-2-6-9(8)10;10-6-4(8(13)14)1-3(7(11)12)2-5(6)9(15)16/h1-7H,11H2;1-2,10H. The summed E-state index contributed by atoms with van der Waals surface area (Å²) in [6, 6.07) is 15.0. The predicted molar refractivity (Wildman–Crippen MR) is 96.4 cm³/mol. The minimum Gasteiger partial charge on any atom is -0.497 e. The van der Waals surface area contributed by atoms with E-state index < -0.39 is 37.6 Å². The zero-order valence-electron chi connectivity index (χ0n) is 13.5. The Morgan fingerprint density at radius 2 is 1.30 bits per heavy atom. The van der Waals surface area contributed by atoms with Crippen LogP contribution in [0.2, 0.25) is 0 Å². The van der Waals surface area contributed by atoms with E-state index in [-0.39, 0.29) is 0 Å². The number of fused-ring (bicyclic) bond motifs is 1. The molecule has 0 aliphatic heterocycles. The molecule has 138 valence electrons. The third kappa shape index (κ3) is 4.22. The molecule has 0 saturated carbocycles. The molecule has 3 aromatic rings. The molecule has 0 unspecified atom stereocenters. The van der Waals surface area contributed by atoms with E-state index in [0.29, 0.717) is 12.1 Å². The Morgan fingerprint density at radius 3 is 1.78 bits per heavy atom. The van der Waals surface area contributed by atoms with Crippen LogP contribution in [0.25, 0.3) is 10.8 Å². The van der Waals surface area contributed by atoms with Gasteiger partial charge in [-0.25, -0.2) is 0 Å². The molecule has 0 atom stereocenters. The summed E-state index contributed by atoms with van der Waals surface area (Å²) < 4.78 is 0. The number of nitro benzene ring substituents is 3. The minimum atomic E-state index is -1.21. The van der Waals surface area contributed by atoms with E-state index in [1.54, 1.807) is 0 Å². The number of non-ortho nitro benzene ring substituents is 1. The maximum absolute atomic E-state index is 10.4. The Hall–Kier alpha value is -4.28. The van der Waals surface area contributed by atoms with Gasteiger partial charge in [0.1, 0.15) is 0 Å². The summed E-state index contributed by atoms with van der Waals surface area (Å²) in [6.45, 7) is 0. The molecule has 3 rings (SSSR count). The van der Waals surface area contributed by atoms with Crippen molar-refractivity contribution in [3.63, 3.8) is 0 Å². The molecule has 0 aliphatic rings. The first kappa shape index (κ1) is 19.1. The number of hydrogen-bond donors (Lipinski definition) is 2. The van der Waals surface area contributed by atoms with Crippen molar-refractivity contribution in [1.29, 1.82) is 0 Å². The molecule has 0 radical (unpaired) electrons. The fourth-order valence-corrected chi connectivity index (χ4v) is 2.22. The fourth-order valence-electron chi connectivity index (χ4n) is 2.22. The van der Waals surface area contributed by atoms with Gasteiger partial charge in [0.05, 0.1) is 26.9 Å². The molecule has 3 N–H and O–H groups in total. The van der Waals surface area contributed by atoms with E-state index in [1.165, 1.54) is 5.39 Å². The first-order valence-electron chi connectivity index (χ1n) is 7.25. The van der Waals surface area contributed by atoms with E-state index in [2.05, 4.69) is 12.1 Å². The van der Waals surface area contributed by atoms with Crippen LogP contribution in [-0.2, 0) is 0 Å². The smallest absolute Gasteiger partial charge is 0.324 e. The summed E-state index contributed by atoms with van der Waals surface area (Å²) in [4.78, 5) is 27.8. The van der Waals surface area contributed by atoms with E-state index in [9.17, 15) is 30.3 Å². The van der Waals surface area contributed by atoms with E-state index >= 15 is 0 Å². The Kier molecular flexibility index (Phi) is 5.46. The SMILES string of the molecule is Nc1cccc2ccccc12.O=[N+]([O-])c1cc([N+](=O)[O-])c(O)c([N+](=O)[O-])c1. The Morgan fingerprint density at radius 1 is 0.778 bits per heavy atom. The summed E-state index contributed by atoms with van der Waals surface area (Å²) in [7, 11) is 0. The number of nitro groups is 3. The quantitative estimate of drug-likeness (QED) is 0.398. The van der Waals surface area contributed by atoms with Crippen molar-refractivity contribution in [3.8, 4) is 5.75 Å². The maximum atomic E-state index is 10.4. The van der Waals surface area contributed by atoms with Crippen LogP contribution < -0.4 is 5.73 Å². The Labute approximate surface area is 150 Å². The van der Waals surface area contributed by atoms with E-state index in [0.717, 1.165) is 11.1 Å². The summed E-state index contributed by atoms with van der Waals surface area (Å²) in [5, 5.41) is 42.5. The van der Waals surface area contributed by atoms with Crippen LogP contribution in [0.15, 0.2) is 54.6 Å². The molecule has 0 amide bonds. The second kappa shape index (κ2) is 7.74. The van der Waals surface area contributed by atoms with Gasteiger partial charge in [0.25, 0.3) is 11.4 Å². The number of aromatic hydroxyl groups is 1. The summed E-state index contributed by atoms with van der Waals surface area (Å²) in [5.74, 6) is -1.21. The van der Waals surface area contributed by atoms with Crippen LogP contribution >= 0.6 is 0 Å². The second-order valence-corrected chi connectivity index (χ2v) is 5.17. The summed E-state index contributed by atoms with van der Waals surface area (Å²) in [5.41, 5.74) is 3.60. The van der Waals surface area contributed by atoms with Gasteiger partial charge in [-0.1, -0.05) is 36.4 Å². The van der Waals surface area contributed by atoms with Gasteiger partial charge in [0.15, 0.2) is 0 Å². The van der Waals surface area contributed by atoms with Crippen molar-refractivity contribution >= 4 is 33.5 Å². The summed E-state index contributed by atoms with van der Waals surface area (Å²) in [6.07, 6.45) is 0. The highest BCUT2D eigenvalue weighted by atomic mass is 16.6. The molecule has 0 bridgehead atoms. The third-order valence-corrected chi connectivity index (χ3v) is 3.48. The number of phenolic OH excluding ortho intramolecular Hbond substituents is 1. The number of hydrogen-bond acceptors (Lipinski definition) is 8. The second-order valence-electron chi connectivity index (χ2n) is 5.17. The number of nitrogens with two attached hydrogens (primary N) is 1. The molecule has 0 spiro atoms. The predicted octanol–water partition coefficient (Wildman–Crippen LogP) is 3.54. The highest BCUT2D eigenvalue weighted by Gasteiger charge is 2.30. The van der Waals surface area contributed by atoms with Crippen LogP contribution in [-0.4, -0.2) is 19.9 Å². The van der Waals surface area contributed by atoms with Crippen molar-refractivity contribution in [2.75, 3.05) is 5.73 Å². The van der Waals surface area contributed by atoms with Crippen molar-refractivity contribution in [2.24, 2.45) is 0 Å². The molecular weight excluding hydrogens is 360 g/mol. The number of phenols is 1.